The standard InChI is InChI=1S/C51H62N2O12/c1-4-41-33-8-6-13-51(60,39(33)12-16-53(41)15-7-17-61-3)42-22-36-46(64-42)38(26-57)48-44-43(37(25-56)49(65-48)50(59)62-5-2)31-18-32(24-55)45(58)35(20-31)34-19-30-11-14-52-40(30)21-29(34)10-9-28(23-54)27-63-47(36)44/h6,8,11,19,21,25,28,32-33,35,39,41-42,54-55,57,60H,4-5,7,9-10,12-18,20,22-24,26-27H2,1-3H3/t28-,32+,33-,35+,39-,41-,42-,51+/m0/s1. The van der Waals surface area contributed by atoms with Crippen molar-refractivity contribution in [1.82, 2.24) is 4.90 Å². The first-order valence-electron chi connectivity index (χ1n) is 23.6. The lowest BCUT2D eigenvalue weighted by atomic mass is 9.63. The molecule has 348 valence electrons. The Bertz CT molecular complexity index is 2460. The van der Waals surface area contributed by atoms with Gasteiger partial charge in [-0.3, -0.25) is 19.5 Å². The van der Waals surface area contributed by atoms with Crippen LogP contribution in [0, 0.1) is 23.7 Å². The second kappa shape index (κ2) is 18.9. The van der Waals surface area contributed by atoms with E-state index in [4.69, 9.17) is 23.7 Å². The Balaban J connectivity index is 1.23. The van der Waals surface area contributed by atoms with Crippen LogP contribution in [0.2, 0.25) is 0 Å². The van der Waals surface area contributed by atoms with Gasteiger partial charge in [0.05, 0.1) is 55.0 Å². The van der Waals surface area contributed by atoms with Gasteiger partial charge in [0.15, 0.2) is 6.29 Å². The number of Topliss-reactive ketones (excluding diaryl/α,β-unsaturated/α-hetero) is 1. The maximum atomic E-state index is 14.5. The minimum absolute atomic E-state index is 0.0120. The summed E-state index contributed by atoms with van der Waals surface area (Å²) in [5.41, 5.74) is 2.33. The van der Waals surface area contributed by atoms with E-state index in [1.165, 1.54) is 0 Å². The molecule has 8 atom stereocenters. The molecule has 2 bridgehead atoms. The van der Waals surface area contributed by atoms with Crippen molar-refractivity contribution in [2.24, 2.45) is 28.7 Å². The first kappa shape index (κ1) is 45.5. The van der Waals surface area contributed by atoms with Crippen molar-refractivity contribution in [2.75, 3.05) is 59.8 Å². The summed E-state index contributed by atoms with van der Waals surface area (Å²) in [5, 5.41) is 48.0. The minimum Gasteiger partial charge on any atom is -0.492 e. The maximum Gasteiger partial charge on any atom is 0.375 e. The molecule has 7 aliphatic rings. The first-order valence-corrected chi connectivity index (χ1v) is 23.6. The SMILES string of the molecule is CCOC(=O)C1=C(C=O)C2=C3C[C@H](CO)C(=O)[C@H](C3)c3cc4c(cc3CC[C@@H](CO)COc3c5c(c(CO)c(c32)O1)O[C@H]([C@@]1(O)CC=C[C@@H]2[C@H](CC)N(CCCOC)CC[C@@H]21)C5)=NCC=4. The summed E-state index contributed by atoms with van der Waals surface area (Å²) in [4.78, 5) is 49.2. The Labute approximate surface area is 379 Å². The number of piperidine rings is 1. The average Bonchev–Trinajstić information content (AvgIpc) is 3.98. The molecule has 0 amide bonds. The van der Waals surface area contributed by atoms with Crippen LogP contribution in [0.5, 0.6) is 17.2 Å². The number of aldehydes is 1. The molecule has 14 heteroatoms. The number of aliphatic hydroxyl groups excluding tert-OH is 3. The van der Waals surface area contributed by atoms with Crippen LogP contribution in [-0.4, -0.2) is 121 Å². The summed E-state index contributed by atoms with van der Waals surface area (Å²) in [6, 6.07) is 4.24. The molecule has 1 saturated heterocycles. The summed E-state index contributed by atoms with van der Waals surface area (Å²) < 4.78 is 31.2. The van der Waals surface area contributed by atoms with Gasteiger partial charge >= 0.3 is 5.97 Å². The van der Waals surface area contributed by atoms with E-state index in [9.17, 15) is 34.8 Å². The number of likely N-dealkylation sites (tertiary alicyclic amines) is 1. The normalized spacial score (nSPS) is 29.2. The average molecular weight is 895 g/mol. The molecule has 0 aromatic heterocycles. The van der Waals surface area contributed by atoms with Gasteiger partial charge in [0.25, 0.3) is 0 Å². The van der Waals surface area contributed by atoms with Crippen LogP contribution in [0.4, 0.5) is 0 Å². The lowest BCUT2D eigenvalue weighted by Crippen LogP contribution is -2.61. The van der Waals surface area contributed by atoms with Crippen molar-refractivity contribution in [1.29, 1.82) is 0 Å². The molecule has 4 N–H and O–H groups in total. The lowest BCUT2D eigenvalue weighted by Gasteiger charge is -2.53. The summed E-state index contributed by atoms with van der Waals surface area (Å²) in [6.07, 6.45) is 10.5. The molecule has 14 nitrogen and oxygen atoms in total. The molecular formula is C51H62N2O12. The van der Waals surface area contributed by atoms with Gasteiger partial charge in [-0.1, -0.05) is 30.7 Å². The number of carbonyl (C=O) groups is 3. The van der Waals surface area contributed by atoms with Gasteiger partial charge in [-0.2, -0.15) is 0 Å². The number of hydrogen-bond acceptors (Lipinski definition) is 14. The molecule has 5 heterocycles. The second-order valence-corrected chi connectivity index (χ2v) is 18.7. The van der Waals surface area contributed by atoms with E-state index >= 15 is 0 Å². The highest BCUT2D eigenvalue weighted by Crippen LogP contribution is 2.58. The summed E-state index contributed by atoms with van der Waals surface area (Å²) in [7, 11) is 1.71. The monoisotopic (exact) mass is 894 g/mol. The van der Waals surface area contributed by atoms with Crippen molar-refractivity contribution in [3.8, 4) is 17.2 Å². The zero-order chi connectivity index (χ0) is 45.6. The number of aryl methyl sites for hydroxylation is 1. The Morgan fingerprint density at radius 1 is 1.08 bits per heavy atom. The minimum atomic E-state index is -1.31. The van der Waals surface area contributed by atoms with Crippen LogP contribution < -0.4 is 24.8 Å². The molecule has 5 aliphatic heterocycles. The second-order valence-electron chi connectivity index (χ2n) is 18.7. The number of hydrogen-bond donors (Lipinski definition) is 4. The number of allylic oxidation sites excluding steroid dienone is 3. The zero-order valence-corrected chi connectivity index (χ0v) is 37.7. The van der Waals surface area contributed by atoms with Crippen LogP contribution in [0.15, 0.2) is 46.2 Å². The number of methoxy groups -OCH3 is 1. The van der Waals surface area contributed by atoms with Crippen LogP contribution in [-0.2, 0) is 43.3 Å². The number of nitrogens with zero attached hydrogens (tertiary/aromatic N) is 2. The number of fused-ring (bicyclic) bond motifs is 8. The fourth-order valence-electron chi connectivity index (χ4n) is 12.1. The number of esters is 1. The van der Waals surface area contributed by atoms with Gasteiger partial charge < -0.3 is 44.1 Å². The highest BCUT2D eigenvalue weighted by Gasteiger charge is 2.56. The summed E-state index contributed by atoms with van der Waals surface area (Å²) in [5.74, 6) is -2.81. The van der Waals surface area contributed by atoms with Gasteiger partial charge in [-0.05, 0) is 99.2 Å². The molecule has 2 fully saturated rings. The number of aliphatic hydroxyl groups is 4. The number of benzene rings is 2. The van der Waals surface area contributed by atoms with Crippen molar-refractivity contribution >= 4 is 29.7 Å². The van der Waals surface area contributed by atoms with E-state index in [0.717, 1.165) is 54.1 Å². The number of carbonyl (C=O) groups excluding carboxylic acids is 3. The van der Waals surface area contributed by atoms with E-state index in [-0.39, 0.29) is 97.1 Å². The third-order valence-corrected chi connectivity index (χ3v) is 15.3. The predicted molar refractivity (Wildman–Crippen MR) is 239 cm³/mol. The highest BCUT2D eigenvalue weighted by atomic mass is 16.6. The van der Waals surface area contributed by atoms with E-state index in [1.807, 2.05) is 18.2 Å². The fourth-order valence-corrected chi connectivity index (χ4v) is 12.1. The van der Waals surface area contributed by atoms with Crippen LogP contribution >= 0.6 is 0 Å². The molecule has 65 heavy (non-hydrogen) atoms. The van der Waals surface area contributed by atoms with Crippen molar-refractivity contribution < 1.29 is 58.5 Å². The highest BCUT2D eigenvalue weighted by molar-refractivity contribution is 6.11. The van der Waals surface area contributed by atoms with Crippen molar-refractivity contribution in [3.05, 3.63) is 79.6 Å². The third kappa shape index (κ3) is 7.87. The smallest absolute Gasteiger partial charge is 0.375 e. The summed E-state index contributed by atoms with van der Waals surface area (Å²) in [6.45, 7) is 5.52. The van der Waals surface area contributed by atoms with E-state index in [0.29, 0.717) is 66.7 Å². The van der Waals surface area contributed by atoms with E-state index < -0.39 is 42.7 Å². The third-order valence-electron chi connectivity index (χ3n) is 15.3. The van der Waals surface area contributed by atoms with E-state index in [1.54, 1.807) is 14.0 Å². The van der Waals surface area contributed by atoms with Gasteiger partial charge in [0.1, 0.15) is 34.7 Å². The lowest BCUT2D eigenvalue weighted by molar-refractivity contribution is -0.141. The van der Waals surface area contributed by atoms with Gasteiger partial charge in [-0.15, -0.1) is 0 Å². The van der Waals surface area contributed by atoms with Crippen LogP contribution in [0.3, 0.4) is 0 Å². The topological polar surface area (TPSA) is 194 Å². The Morgan fingerprint density at radius 3 is 2.66 bits per heavy atom. The Hall–Kier alpha value is -4.70. The number of rotatable bonds is 12. The molecule has 0 spiro atoms. The van der Waals surface area contributed by atoms with Crippen molar-refractivity contribution in [3.63, 3.8) is 0 Å². The van der Waals surface area contributed by atoms with Gasteiger partial charge in [0, 0.05) is 74.1 Å². The largest absolute Gasteiger partial charge is 0.492 e. The Kier molecular flexibility index (Phi) is 13.2. The first-order chi connectivity index (χ1) is 31.6. The zero-order valence-electron chi connectivity index (χ0n) is 37.7. The van der Waals surface area contributed by atoms with Gasteiger partial charge in [0.2, 0.25) is 5.76 Å². The van der Waals surface area contributed by atoms with Crippen LogP contribution in [0.25, 0.3) is 11.6 Å². The van der Waals surface area contributed by atoms with Crippen molar-refractivity contribution in [2.45, 2.75) is 102 Å². The molecule has 2 aromatic rings. The molecule has 2 aromatic carbocycles. The summed E-state index contributed by atoms with van der Waals surface area (Å²) >= 11 is 0. The molecule has 0 radical (unpaired) electrons. The molecular weight excluding hydrogens is 833 g/mol. The quantitative estimate of drug-likeness (QED) is 0.105. The molecule has 1 saturated carbocycles. The number of ether oxygens (including phenoxy) is 5. The van der Waals surface area contributed by atoms with Gasteiger partial charge in [-0.25, -0.2) is 4.79 Å². The Morgan fingerprint density at radius 2 is 1.92 bits per heavy atom. The molecule has 2 aliphatic carbocycles. The van der Waals surface area contributed by atoms with E-state index in [2.05, 4.69) is 29.0 Å². The fraction of sp³-hybridized carbons (Fsp3) is 0.569. The molecule has 0 unspecified atom stereocenters. The number of ketones is 1. The predicted octanol–water partition coefficient (Wildman–Crippen LogP) is 3.19. The van der Waals surface area contributed by atoms with Crippen LogP contribution in [0.1, 0.15) is 92.5 Å². The maximum absolute atomic E-state index is 14.5. The molecule has 9 rings (SSSR count).